The zero-order valence-electron chi connectivity index (χ0n) is 7.97. The number of benzene rings is 1. The van der Waals surface area contributed by atoms with Crippen LogP contribution in [0.4, 0.5) is 0 Å². The van der Waals surface area contributed by atoms with Crippen LogP contribution in [0.25, 0.3) is 22.1 Å². The topological polar surface area (TPSA) is 56.7 Å². The quantitative estimate of drug-likeness (QED) is 0.552. The predicted octanol–water partition coefficient (Wildman–Crippen LogP) is 1.52. The molecule has 0 bridgehead atoms. The zero-order valence-corrected chi connectivity index (χ0v) is 7.97. The van der Waals surface area contributed by atoms with Crippen LogP contribution < -0.4 is 0 Å². The summed E-state index contributed by atoms with van der Waals surface area (Å²) in [4.78, 5) is 4.58. The normalized spacial score (nSPS) is 15.2. The number of nitrogens with zero attached hydrogens (tertiary/aromatic N) is 4. The lowest BCUT2D eigenvalue weighted by atomic mass is 10.2. The van der Waals surface area contributed by atoms with Gasteiger partial charge in [-0.05, 0) is 28.9 Å². The highest BCUT2D eigenvalue weighted by atomic mass is 16.6. The molecule has 0 spiro atoms. The van der Waals surface area contributed by atoms with Gasteiger partial charge in [-0.3, -0.25) is 0 Å². The van der Waals surface area contributed by atoms with Gasteiger partial charge in [-0.1, -0.05) is 0 Å². The SMILES string of the molecule is c1c2nonc2cc2c1nc1n2CCC1. The van der Waals surface area contributed by atoms with Gasteiger partial charge in [-0.15, -0.1) is 0 Å². The highest BCUT2D eigenvalue weighted by Gasteiger charge is 2.17. The highest BCUT2D eigenvalue weighted by Crippen LogP contribution is 2.25. The van der Waals surface area contributed by atoms with Crippen LogP contribution in [0, 0.1) is 0 Å². The first-order chi connectivity index (χ1) is 7.42. The van der Waals surface area contributed by atoms with Crippen molar-refractivity contribution in [3.05, 3.63) is 18.0 Å². The molecule has 3 heterocycles. The Morgan fingerprint density at radius 2 is 2.00 bits per heavy atom. The Labute approximate surface area is 84.7 Å². The minimum absolute atomic E-state index is 0.777. The Kier molecular flexibility index (Phi) is 1.16. The van der Waals surface area contributed by atoms with Crippen molar-refractivity contribution in [2.45, 2.75) is 19.4 Å². The van der Waals surface area contributed by atoms with E-state index >= 15 is 0 Å². The third kappa shape index (κ3) is 0.848. The van der Waals surface area contributed by atoms with Crippen molar-refractivity contribution in [3.8, 4) is 0 Å². The monoisotopic (exact) mass is 200 g/mol. The van der Waals surface area contributed by atoms with Gasteiger partial charge in [0.05, 0.1) is 11.0 Å². The molecule has 2 aromatic heterocycles. The Hall–Kier alpha value is -1.91. The van der Waals surface area contributed by atoms with Gasteiger partial charge in [0.1, 0.15) is 16.9 Å². The van der Waals surface area contributed by atoms with E-state index in [0.717, 1.165) is 35.0 Å². The summed E-state index contributed by atoms with van der Waals surface area (Å²) in [6.07, 6.45) is 2.26. The molecule has 5 nitrogen and oxygen atoms in total. The molecule has 0 atom stereocenters. The summed E-state index contributed by atoms with van der Waals surface area (Å²) in [5.74, 6) is 1.18. The first-order valence-electron chi connectivity index (χ1n) is 5.03. The second-order valence-electron chi connectivity index (χ2n) is 3.88. The first-order valence-corrected chi connectivity index (χ1v) is 5.03. The zero-order chi connectivity index (χ0) is 9.83. The number of aromatic nitrogens is 4. The maximum atomic E-state index is 4.69. The van der Waals surface area contributed by atoms with Crippen LogP contribution in [0.2, 0.25) is 0 Å². The van der Waals surface area contributed by atoms with Crippen LogP contribution in [-0.4, -0.2) is 19.9 Å². The summed E-state index contributed by atoms with van der Waals surface area (Å²) in [5, 5.41) is 7.66. The van der Waals surface area contributed by atoms with Crippen molar-refractivity contribution in [1.82, 2.24) is 19.9 Å². The molecule has 0 saturated heterocycles. The minimum Gasteiger partial charge on any atom is -0.328 e. The summed E-state index contributed by atoms with van der Waals surface area (Å²) < 4.78 is 6.94. The van der Waals surface area contributed by atoms with Crippen LogP contribution in [0.3, 0.4) is 0 Å². The summed E-state index contributed by atoms with van der Waals surface area (Å²) in [7, 11) is 0. The average Bonchev–Trinajstić information content (AvgIpc) is 2.86. The minimum atomic E-state index is 0.777. The molecule has 1 aliphatic rings. The van der Waals surface area contributed by atoms with Gasteiger partial charge >= 0.3 is 0 Å². The number of aryl methyl sites for hydroxylation is 2. The highest BCUT2D eigenvalue weighted by molar-refractivity contribution is 5.91. The molecule has 3 aromatic rings. The molecule has 0 radical (unpaired) electrons. The van der Waals surface area contributed by atoms with E-state index in [0.29, 0.717) is 0 Å². The Morgan fingerprint density at radius 1 is 1.13 bits per heavy atom. The number of hydrogen-bond acceptors (Lipinski definition) is 4. The molecule has 0 unspecified atom stereocenters. The largest absolute Gasteiger partial charge is 0.328 e. The third-order valence-electron chi connectivity index (χ3n) is 2.98. The molecule has 15 heavy (non-hydrogen) atoms. The van der Waals surface area contributed by atoms with Crippen molar-refractivity contribution in [2.24, 2.45) is 0 Å². The van der Waals surface area contributed by atoms with Gasteiger partial charge in [-0.25, -0.2) is 9.61 Å². The molecule has 4 rings (SSSR count). The van der Waals surface area contributed by atoms with E-state index in [1.807, 2.05) is 12.1 Å². The van der Waals surface area contributed by atoms with Crippen LogP contribution >= 0.6 is 0 Å². The molecule has 5 heteroatoms. The molecule has 0 saturated carbocycles. The van der Waals surface area contributed by atoms with E-state index in [9.17, 15) is 0 Å². The van der Waals surface area contributed by atoms with Crippen LogP contribution in [0.1, 0.15) is 12.2 Å². The lowest BCUT2D eigenvalue weighted by molar-refractivity contribution is 0.315. The van der Waals surface area contributed by atoms with E-state index < -0.39 is 0 Å². The Bertz CT molecular complexity index is 666. The molecular weight excluding hydrogens is 192 g/mol. The lowest BCUT2D eigenvalue weighted by Crippen LogP contribution is -1.90. The van der Waals surface area contributed by atoms with Gasteiger partial charge in [-0.2, -0.15) is 0 Å². The number of rotatable bonds is 0. The van der Waals surface area contributed by atoms with Crippen molar-refractivity contribution >= 4 is 22.1 Å². The van der Waals surface area contributed by atoms with E-state index in [4.69, 9.17) is 0 Å². The molecule has 0 fully saturated rings. The van der Waals surface area contributed by atoms with Crippen molar-refractivity contribution < 1.29 is 4.63 Å². The van der Waals surface area contributed by atoms with Crippen LogP contribution in [0.15, 0.2) is 16.8 Å². The lowest BCUT2D eigenvalue weighted by Gasteiger charge is -1.96. The predicted molar refractivity (Wildman–Crippen MR) is 53.4 cm³/mol. The molecule has 1 aliphatic heterocycles. The maximum Gasteiger partial charge on any atom is 0.137 e. The van der Waals surface area contributed by atoms with Gasteiger partial charge in [0.15, 0.2) is 0 Å². The fraction of sp³-hybridized carbons (Fsp3) is 0.300. The molecule has 0 amide bonds. The van der Waals surface area contributed by atoms with Gasteiger partial charge < -0.3 is 4.57 Å². The third-order valence-corrected chi connectivity index (χ3v) is 2.98. The fourth-order valence-corrected chi connectivity index (χ4v) is 2.29. The van der Waals surface area contributed by atoms with Crippen molar-refractivity contribution in [3.63, 3.8) is 0 Å². The van der Waals surface area contributed by atoms with E-state index in [1.54, 1.807) is 0 Å². The number of imidazole rings is 1. The van der Waals surface area contributed by atoms with Crippen molar-refractivity contribution in [2.75, 3.05) is 0 Å². The number of hydrogen-bond donors (Lipinski definition) is 0. The standard InChI is InChI=1S/C10H8N4O/c1-2-10-11-8-4-6-7(13-15-12-6)5-9(8)14(10)3-1/h4-5H,1-3H2. The maximum absolute atomic E-state index is 4.69. The average molecular weight is 200 g/mol. The van der Waals surface area contributed by atoms with E-state index in [-0.39, 0.29) is 0 Å². The second-order valence-corrected chi connectivity index (χ2v) is 3.88. The summed E-state index contributed by atoms with van der Waals surface area (Å²) >= 11 is 0. The molecule has 0 aliphatic carbocycles. The number of fused-ring (bicyclic) bond motifs is 4. The van der Waals surface area contributed by atoms with Crippen LogP contribution in [0.5, 0.6) is 0 Å². The second kappa shape index (κ2) is 2.36. The molecule has 1 aromatic carbocycles. The Balaban J connectivity index is 2.20. The van der Waals surface area contributed by atoms with Crippen LogP contribution in [-0.2, 0) is 13.0 Å². The molecular formula is C10H8N4O. The molecule has 0 N–H and O–H groups in total. The first kappa shape index (κ1) is 7.39. The van der Waals surface area contributed by atoms with E-state index in [1.165, 1.54) is 12.2 Å². The molecule has 74 valence electrons. The fourth-order valence-electron chi connectivity index (χ4n) is 2.29. The van der Waals surface area contributed by atoms with Crippen molar-refractivity contribution in [1.29, 1.82) is 0 Å². The summed E-state index contributed by atoms with van der Waals surface area (Å²) in [6, 6.07) is 3.94. The summed E-state index contributed by atoms with van der Waals surface area (Å²) in [5.41, 5.74) is 3.72. The Morgan fingerprint density at radius 3 is 2.93 bits per heavy atom. The van der Waals surface area contributed by atoms with Gasteiger partial charge in [0.2, 0.25) is 0 Å². The van der Waals surface area contributed by atoms with Gasteiger partial charge in [0.25, 0.3) is 0 Å². The van der Waals surface area contributed by atoms with Gasteiger partial charge in [0, 0.05) is 13.0 Å². The smallest absolute Gasteiger partial charge is 0.137 e. The van der Waals surface area contributed by atoms with E-state index in [2.05, 4.69) is 24.5 Å². The summed E-state index contributed by atoms with van der Waals surface area (Å²) in [6.45, 7) is 1.06.